The quantitative estimate of drug-likeness (QED) is 0.778. The lowest BCUT2D eigenvalue weighted by molar-refractivity contribution is -0.120. The second-order valence-electron chi connectivity index (χ2n) is 5.08. The van der Waals surface area contributed by atoms with Crippen LogP contribution in [0.4, 0.5) is 0 Å². The maximum Gasteiger partial charge on any atom is 0.224 e. The molecular weight excluding hydrogens is 298 g/mol. The van der Waals surface area contributed by atoms with Crippen LogP contribution < -0.4 is 14.8 Å². The molecule has 1 aromatic carbocycles. The topological polar surface area (TPSA) is 80.9 Å². The summed E-state index contributed by atoms with van der Waals surface area (Å²) >= 11 is 0. The highest BCUT2D eigenvalue weighted by Crippen LogP contribution is 2.27. The lowest BCUT2D eigenvalue weighted by atomic mass is 10.1. The molecule has 1 unspecified atom stereocenters. The number of aliphatic hydroxyl groups excluding tert-OH is 1. The van der Waals surface area contributed by atoms with Gasteiger partial charge in [-0.1, -0.05) is 6.07 Å². The van der Waals surface area contributed by atoms with Crippen LogP contribution in [0, 0.1) is 0 Å². The molecular formula is C17H21NO5. The summed E-state index contributed by atoms with van der Waals surface area (Å²) < 4.78 is 15.3. The van der Waals surface area contributed by atoms with E-state index in [1.54, 1.807) is 32.4 Å². The number of aliphatic hydroxyl groups is 1. The standard InChI is InChI=1S/C17H21NO5/c1-21-15-4-3-12(9-16(15)22-2)10-17(20)18-7-5-14(19)13-6-8-23-11-13/h3-4,6,8-9,11,14,19H,5,7,10H2,1-2H3,(H,18,20). The van der Waals surface area contributed by atoms with Gasteiger partial charge in [0, 0.05) is 12.1 Å². The third kappa shape index (κ3) is 4.75. The molecule has 0 bridgehead atoms. The molecule has 0 radical (unpaired) electrons. The fourth-order valence-corrected chi connectivity index (χ4v) is 2.22. The van der Waals surface area contributed by atoms with Crippen LogP contribution in [0.25, 0.3) is 0 Å². The average Bonchev–Trinajstić information content (AvgIpc) is 3.09. The number of hydrogen-bond donors (Lipinski definition) is 2. The number of rotatable bonds is 8. The van der Waals surface area contributed by atoms with Gasteiger partial charge in [-0.15, -0.1) is 0 Å². The fourth-order valence-electron chi connectivity index (χ4n) is 2.22. The molecule has 1 amide bonds. The van der Waals surface area contributed by atoms with Crippen LogP contribution in [-0.2, 0) is 11.2 Å². The van der Waals surface area contributed by atoms with E-state index in [1.807, 2.05) is 6.07 Å². The third-order valence-corrected chi connectivity index (χ3v) is 3.48. The van der Waals surface area contributed by atoms with Gasteiger partial charge in [0.25, 0.3) is 0 Å². The van der Waals surface area contributed by atoms with Gasteiger partial charge in [-0.2, -0.15) is 0 Å². The van der Waals surface area contributed by atoms with Crippen LogP contribution in [0.1, 0.15) is 23.7 Å². The highest BCUT2D eigenvalue weighted by Gasteiger charge is 2.11. The summed E-state index contributed by atoms with van der Waals surface area (Å²) in [6.45, 7) is 0.387. The number of carbonyl (C=O) groups excluding carboxylic acids is 1. The van der Waals surface area contributed by atoms with Gasteiger partial charge < -0.3 is 24.3 Å². The number of furan rings is 1. The molecule has 23 heavy (non-hydrogen) atoms. The monoisotopic (exact) mass is 319 g/mol. The number of hydrogen-bond acceptors (Lipinski definition) is 5. The third-order valence-electron chi connectivity index (χ3n) is 3.48. The Bertz CT molecular complexity index is 624. The first kappa shape index (κ1) is 16.9. The van der Waals surface area contributed by atoms with E-state index in [1.165, 1.54) is 12.5 Å². The highest BCUT2D eigenvalue weighted by atomic mass is 16.5. The maximum absolute atomic E-state index is 12.0. The van der Waals surface area contributed by atoms with Crippen LogP contribution in [0.5, 0.6) is 11.5 Å². The van der Waals surface area contributed by atoms with Crippen molar-refractivity contribution in [3.05, 3.63) is 47.9 Å². The zero-order valence-electron chi connectivity index (χ0n) is 13.2. The first-order valence-electron chi connectivity index (χ1n) is 7.31. The molecule has 2 rings (SSSR count). The van der Waals surface area contributed by atoms with E-state index in [0.717, 1.165) is 5.56 Å². The van der Waals surface area contributed by atoms with Crippen molar-refractivity contribution in [1.29, 1.82) is 0 Å². The SMILES string of the molecule is COc1ccc(CC(=O)NCCC(O)c2ccoc2)cc1OC. The van der Waals surface area contributed by atoms with E-state index in [4.69, 9.17) is 13.9 Å². The van der Waals surface area contributed by atoms with E-state index < -0.39 is 6.10 Å². The van der Waals surface area contributed by atoms with Gasteiger partial charge in [0.05, 0.1) is 39.3 Å². The fraction of sp³-hybridized carbons (Fsp3) is 0.353. The first-order valence-corrected chi connectivity index (χ1v) is 7.31. The smallest absolute Gasteiger partial charge is 0.224 e. The van der Waals surface area contributed by atoms with Crippen molar-refractivity contribution in [3.63, 3.8) is 0 Å². The normalized spacial score (nSPS) is 11.8. The molecule has 6 nitrogen and oxygen atoms in total. The number of nitrogens with one attached hydrogen (secondary N) is 1. The van der Waals surface area contributed by atoms with Crippen molar-refractivity contribution < 1.29 is 23.8 Å². The molecule has 0 aliphatic rings. The summed E-state index contributed by atoms with van der Waals surface area (Å²) in [5, 5.41) is 12.7. The van der Waals surface area contributed by atoms with Gasteiger partial charge in [-0.05, 0) is 30.2 Å². The number of amides is 1. The molecule has 6 heteroatoms. The van der Waals surface area contributed by atoms with Crippen molar-refractivity contribution in [2.45, 2.75) is 18.9 Å². The predicted octanol–water partition coefficient (Wildman–Crippen LogP) is 2.08. The molecule has 2 N–H and O–H groups in total. The Balaban J connectivity index is 1.80. The van der Waals surface area contributed by atoms with E-state index in [9.17, 15) is 9.90 Å². The summed E-state index contributed by atoms with van der Waals surface area (Å²) in [4.78, 5) is 12.0. The van der Waals surface area contributed by atoms with Gasteiger partial charge >= 0.3 is 0 Å². The molecule has 0 spiro atoms. The Morgan fingerprint density at radius 1 is 1.26 bits per heavy atom. The lowest BCUT2D eigenvalue weighted by Crippen LogP contribution is -2.27. The molecule has 1 atom stereocenters. The Morgan fingerprint density at radius 2 is 2.04 bits per heavy atom. The van der Waals surface area contributed by atoms with Gasteiger partial charge in [0.2, 0.25) is 5.91 Å². The second kappa shape index (κ2) is 8.24. The van der Waals surface area contributed by atoms with Gasteiger partial charge in [0.1, 0.15) is 0 Å². The summed E-state index contributed by atoms with van der Waals surface area (Å²) in [6, 6.07) is 7.07. The van der Waals surface area contributed by atoms with E-state index in [0.29, 0.717) is 30.0 Å². The van der Waals surface area contributed by atoms with Gasteiger partial charge in [0.15, 0.2) is 11.5 Å². The molecule has 1 aromatic heterocycles. The molecule has 0 saturated carbocycles. The van der Waals surface area contributed by atoms with E-state index in [2.05, 4.69) is 5.32 Å². The van der Waals surface area contributed by atoms with Crippen LogP contribution in [0.3, 0.4) is 0 Å². The Labute approximate surface area is 135 Å². The minimum Gasteiger partial charge on any atom is -0.493 e. The zero-order chi connectivity index (χ0) is 16.7. The van der Waals surface area contributed by atoms with Crippen LogP contribution in [-0.4, -0.2) is 31.8 Å². The van der Waals surface area contributed by atoms with Crippen molar-refractivity contribution in [2.24, 2.45) is 0 Å². The van der Waals surface area contributed by atoms with Crippen LogP contribution in [0.2, 0.25) is 0 Å². The molecule has 124 valence electrons. The minimum absolute atomic E-state index is 0.114. The van der Waals surface area contributed by atoms with Crippen LogP contribution >= 0.6 is 0 Å². The summed E-state index contributed by atoms with van der Waals surface area (Å²) in [5.41, 5.74) is 1.54. The molecule has 1 heterocycles. The molecule has 0 aliphatic heterocycles. The lowest BCUT2D eigenvalue weighted by Gasteiger charge is -2.11. The zero-order valence-corrected chi connectivity index (χ0v) is 13.2. The van der Waals surface area contributed by atoms with Crippen molar-refractivity contribution in [3.8, 4) is 11.5 Å². The summed E-state index contributed by atoms with van der Waals surface area (Å²) in [5.74, 6) is 1.10. The van der Waals surface area contributed by atoms with Gasteiger partial charge in [-0.25, -0.2) is 0 Å². The van der Waals surface area contributed by atoms with Crippen molar-refractivity contribution in [2.75, 3.05) is 20.8 Å². The van der Waals surface area contributed by atoms with Gasteiger partial charge in [-0.3, -0.25) is 4.79 Å². The largest absolute Gasteiger partial charge is 0.493 e. The Morgan fingerprint density at radius 3 is 2.70 bits per heavy atom. The summed E-state index contributed by atoms with van der Waals surface area (Å²) in [7, 11) is 3.12. The Kier molecular flexibility index (Phi) is 6.05. The molecule has 0 fully saturated rings. The number of ether oxygens (including phenoxy) is 2. The Hall–Kier alpha value is -2.47. The molecule has 0 saturated heterocycles. The number of benzene rings is 1. The minimum atomic E-state index is -0.643. The maximum atomic E-state index is 12.0. The predicted molar refractivity (Wildman–Crippen MR) is 84.5 cm³/mol. The van der Waals surface area contributed by atoms with E-state index in [-0.39, 0.29) is 12.3 Å². The van der Waals surface area contributed by atoms with E-state index >= 15 is 0 Å². The van der Waals surface area contributed by atoms with Crippen LogP contribution in [0.15, 0.2) is 41.2 Å². The van der Waals surface area contributed by atoms with Crippen molar-refractivity contribution >= 4 is 5.91 Å². The first-order chi connectivity index (χ1) is 11.1. The molecule has 0 aliphatic carbocycles. The molecule has 2 aromatic rings. The average molecular weight is 319 g/mol. The summed E-state index contributed by atoms with van der Waals surface area (Å²) in [6.07, 6.45) is 3.03. The second-order valence-corrected chi connectivity index (χ2v) is 5.08. The highest BCUT2D eigenvalue weighted by molar-refractivity contribution is 5.78. The number of carbonyl (C=O) groups is 1. The van der Waals surface area contributed by atoms with Crippen molar-refractivity contribution in [1.82, 2.24) is 5.32 Å². The number of methoxy groups -OCH3 is 2.